The minimum absolute atomic E-state index is 0.219. The topological polar surface area (TPSA) is 48.1 Å². The normalized spacial score (nSPS) is 12.4. The number of unbranched alkanes of at least 4 members (excludes halogenated alkanes) is 1. The standard InChI is InChI=1S/C13H20F2N2O/c1-3-5-6-9(4-2)8-18-13-11(15)7-10(14)12(16)17-13/h7,9H,3-6,8H2,1-2H3,(H2,16,17). The third kappa shape index (κ3) is 4.13. The molecule has 0 aliphatic rings. The van der Waals surface area contributed by atoms with Gasteiger partial charge in [0, 0.05) is 6.07 Å². The van der Waals surface area contributed by atoms with Gasteiger partial charge in [0.1, 0.15) is 0 Å². The molecule has 1 aromatic heterocycles. The van der Waals surface area contributed by atoms with E-state index < -0.39 is 11.6 Å². The Balaban J connectivity index is 2.59. The monoisotopic (exact) mass is 258 g/mol. The fraction of sp³-hybridized carbons (Fsp3) is 0.615. The van der Waals surface area contributed by atoms with Crippen molar-refractivity contribution in [1.82, 2.24) is 4.98 Å². The number of pyridine rings is 1. The molecule has 0 saturated carbocycles. The molecule has 0 aliphatic heterocycles. The molecule has 0 saturated heterocycles. The maximum absolute atomic E-state index is 13.4. The summed E-state index contributed by atoms with van der Waals surface area (Å²) in [5.74, 6) is -1.88. The molecular formula is C13H20F2N2O. The van der Waals surface area contributed by atoms with Gasteiger partial charge < -0.3 is 10.5 Å². The molecule has 1 rings (SSSR count). The second-order valence-electron chi connectivity index (χ2n) is 4.37. The van der Waals surface area contributed by atoms with Gasteiger partial charge in [-0.15, -0.1) is 0 Å². The van der Waals surface area contributed by atoms with Gasteiger partial charge >= 0.3 is 0 Å². The number of ether oxygens (including phenoxy) is 1. The molecule has 1 aromatic rings. The van der Waals surface area contributed by atoms with E-state index >= 15 is 0 Å². The summed E-state index contributed by atoms with van der Waals surface area (Å²) in [5.41, 5.74) is 5.28. The van der Waals surface area contributed by atoms with E-state index in [9.17, 15) is 8.78 Å². The Morgan fingerprint density at radius 3 is 2.67 bits per heavy atom. The Morgan fingerprint density at radius 1 is 1.33 bits per heavy atom. The van der Waals surface area contributed by atoms with Gasteiger partial charge in [0.25, 0.3) is 5.88 Å². The molecule has 18 heavy (non-hydrogen) atoms. The van der Waals surface area contributed by atoms with Crippen molar-refractivity contribution in [1.29, 1.82) is 0 Å². The second-order valence-corrected chi connectivity index (χ2v) is 4.37. The molecule has 3 nitrogen and oxygen atoms in total. The van der Waals surface area contributed by atoms with E-state index in [1.807, 2.05) is 0 Å². The Bertz CT molecular complexity index is 385. The van der Waals surface area contributed by atoms with E-state index in [0.717, 1.165) is 25.7 Å². The molecule has 0 aliphatic carbocycles. The molecular weight excluding hydrogens is 238 g/mol. The molecule has 102 valence electrons. The number of hydrogen-bond donors (Lipinski definition) is 1. The maximum atomic E-state index is 13.4. The molecule has 2 N–H and O–H groups in total. The quantitative estimate of drug-likeness (QED) is 0.813. The van der Waals surface area contributed by atoms with Crippen LogP contribution < -0.4 is 10.5 Å². The van der Waals surface area contributed by atoms with E-state index in [-0.39, 0.29) is 11.7 Å². The van der Waals surface area contributed by atoms with Crippen molar-refractivity contribution in [2.24, 2.45) is 5.92 Å². The Morgan fingerprint density at radius 2 is 2.06 bits per heavy atom. The van der Waals surface area contributed by atoms with Gasteiger partial charge in [-0.2, -0.15) is 4.98 Å². The van der Waals surface area contributed by atoms with Crippen LogP contribution in [0.3, 0.4) is 0 Å². The van der Waals surface area contributed by atoms with Crippen LogP contribution in [-0.2, 0) is 0 Å². The van der Waals surface area contributed by atoms with Crippen LogP contribution in [0.4, 0.5) is 14.6 Å². The number of nitrogens with two attached hydrogens (primary N) is 1. The Labute approximate surface area is 106 Å². The number of hydrogen-bond acceptors (Lipinski definition) is 3. The van der Waals surface area contributed by atoms with Gasteiger partial charge in [-0.3, -0.25) is 0 Å². The summed E-state index contributed by atoms with van der Waals surface area (Å²) in [5, 5.41) is 0. The van der Waals surface area contributed by atoms with Gasteiger partial charge in [0.2, 0.25) is 0 Å². The second kappa shape index (κ2) is 7.13. The average Bonchev–Trinajstić information content (AvgIpc) is 2.35. The molecule has 1 heterocycles. The smallest absolute Gasteiger partial charge is 0.252 e. The van der Waals surface area contributed by atoms with Crippen molar-refractivity contribution in [2.75, 3.05) is 12.3 Å². The third-order valence-electron chi connectivity index (χ3n) is 2.92. The van der Waals surface area contributed by atoms with Crippen LogP contribution in [0.1, 0.15) is 39.5 Å². The number of aromatic nitrogens is 1. The van der Waals surface area contributed by atoms with Crippen molar-refractivity contribution in [2.45, 2.75) is 39.5 Å². The fourth-order valence-electron chi connectivity index (χ4n) is 1.66. The number of nitrogens with zero attached hydrogens (tertiary/aromatic N) is 1. The van der Waals surface area contributed by atoms with Gasteiger partial charge in [0.05, 0.1) is 6.61 Å². The van der Waals surface area contributed by atoms with E-state index in [1.54, 1.807) is 0 Å². The maximum Gasteiger partial charge on any atom is 0.252 e. The van der Waals surface area contributed by atoms with Crippen molar-refractivity contribution in [3.8, 4) is 5.88 Å². The average molecular weight is 258 g/mol. The van der Waals surface area contributed by atoms with Gasteiger partial charge in [0.15, 0.2) is 17.5 Å². The molecule has 5 heteroatoms. The van der Waals surface area contributed by atoms with Gasteiger partial charge in [-0.05, 0) is 12.3 Å². The number of nitrogen functional groups attached to an aromatic ring is 1. The number of anilines is 1. The molecule has 0 bridgehead atoms. The van der Waals surface area contributed by atoms with Crippen molar-refractivity contribution >= 4 is 5.82 Å². The highest BCUT2D eigenvalue weighted by atomic mass is 19.1. The Kier molecular flexibility index (Phi) is 5.82. The first-order chi connectivity index (χ1) is 8.58. The first-order valence-electron chi connectivity index (χ1n) is 6.32. The first-order valence-corrected chi connectivity index (χ1v) is 6.32. The Hall–Kier alpha value is -1.39. The summed E-state index contributed by atoms with van der Waals surface area (Å²) >= 11 is 0. The van der Waals surface area contributed by atoms with Crippen molar-refractivity contribution in [3.05, 3.63) is 17.7 Å². The summed E-state index contributed by atoms with van der Waals surface area (Å²) in [6.45, 7) is 4.56. The SMILES string of the molecule is CCCCC(CC)COc1nc(N)c(F)cc1F. The summed E-state index contributed by atoms with van der Waals surface area (Å²) in [4.78, 5) is 3.56. The minimum Gasteiger partial charge on any atom is -0.475 e. The molecule has 0 amide bonds. The van der Waals surface area contributed by atoms with Crippen LogP contribution in [0, 0.1) is 17.6 Å². The first kappa shape index (κ1) is 14.7. The lowest BCUT2D eigenvalue weighted by molar-refractivity contribution is 0.216. The highest BCUT2D eigenvalue weighted by Crippen LogP contribution is 2.20. The fourth-order valence-corrected chi connectivity index (χ4v) is 1.66. The van der Waals surface area contributed by atoms with Crippen molar-refractivity contribution in [3.63, 3.8) is 0 Å². The zero-order chi connectivity index (χ0) is 13.5. The lowest BCUT2D eigenvalue weighted by atomic mass is 10.0. The van der Waals surface area contributed by atoms with Crippen molar-refractivity contribution < 1.29 is 13.5 Å². The van der Waals surface area contributed by atoms with Crippen LogP contribution >= 0.6 is 0 Å². The van der Waals surface area contributed by atoms with E-state index in [2.05, 4.69) is 18.8 Å². The van der Waals surface area contributed by atoms with Crippen LogP contribution in [0.15, 0.2) is 6.07 Å². The molecule has 1 unspecified atom stereocenters. The minimum atomic E-state index is -0.863. The summed E-state index contributed by atoms with van der Waals surface area (Å²) in [7, 11) is 0. The number of rotatable bonds is 7. The lowest BCUT2D eigenvalue weighted by Crippen LogP contribution is -2.13. The zero-order valence-electron chi connectivity index (χ0n) is 10.9. The highest BCUT2D eigenvalue weighted by Gasteiger charge is 2.13. The van der Waals surface area contributed by atoms with Gasteiger partial charge in [-0.1, -0.05) is 33.1 Å². The third-order valence-corrected chi connectivity index (χ3v) is 2.92. The molecule has 1 atom stereocenters. The highest BCUT2D eigenvalue weighted by molar-refractivity contribution is 5.34. The van der Waals surface area contributed by atoms with E-state index in [0.29, 0.717) is 18.6 Å². The summed E-state index contributed by atoms with van der Waals surface area (Å²) < 4.78 is 31.6. The lowest BCUT2D eigenvalue weighted by Gasteiger charge is -2.15. The van der Waals surface area contributed by atoms with Crippen LogP contribution in [-0.4, -0.2) is 11.6 Å². The molecule has 0 spiro atoms. The predicted molar refractivity (Wildman–Crippen MR) is 67.4 cm³/mol. The van der Waals surface area contributed by atoms with Crippen LogP contribution in [0.5, 0.6) is 5.88 Å². The molecule has 0 fully saturated rings. The van der Waals surface area contributed by atoms with E-state index in [1.165, 1.54) is 0 Å². The van der Waals surface area contributed by atoms with E-state index in [4.69, 9.17) is 10.5 Å². The summed E-state index contributed by atoms with van der Waals surface area (Å²) in [6.07, 6.45) is 4.22. The van der Waals surface area contributed by atoms with Crippen LogP contribution in [0.25, 0.3) is 0 Å². The number of halogens is 2. The predicted octanol–water partition coefficient (Wildman–Crippen LogP) is 3.54. The zero-order valence-corrected chi connectivity index (χ0v) is 10.9. The molecule has 0 aromatic carbocycles. The largest absolute Gasteiger partial charge is 0.475 e. The molecule has 0 radical (unpaired) electrons. The summed E-state index contributed by atoms with van der Waals surface area (Å²) in [6, 6.07) is 0.699. The van der Waals surface area contributed by atoms with Crippen LogP contribution in [0.2, 0.25) is 0 Å². The van der Waals surface area contributed by atoms with Gasteiger partial charge in [-0.25, -0.2) is 8.78 Å².